The van der Waals surface area contributed by atoms with Crippen LogP contribution in [0.15, 0.2) is 40.9 Å². The van der Waals surface area contributed by atoms with Crippen molar-refractivity contribution in [3.63, 3.8) is 0 Å². The van der Waals surface area contributed by atoms with Crippen LogP contribution in [0, 0.1) is 0 Å². The molecule has 26 heavy (non-hydrogen) atoms. The standard InChI is InChI=1S/C19H20BrNO5/c1-24-16-10-12(15(20)11-17(16)25-2)7-8-18(22)21-14-6-4-5-13(9-14)19(23)26-3/h4-6,9-11H,7-8H2,1-3H3,(H,21,22). The third-order valence-electron chi connectivity index (χ3n) is 3.74. The molecular weight excluding hydrogens is 402 g/mol. The summed E-state index contributed by atoms with van der Waals surface area (Å²) in [4.78, 5) is 23.8. The number of amides is 1. The summed E-state index contributed by atoms with van der Waals surface area (Å²) in [5.41, 5.74) is 1.86. The molecule has 0 aromatic heterocycles. The lowest BCUT2D eigenvalue weighted by Crippen LogP contribution is -2.13. The van der Waals surface area contributed by atoms with Gasteiger partial charge in [0.25, 0.3) is 0 Å². The number of carbonyl (C=O) groups is 2. The zero-order valence-electron chi connectivity index (χ0n) is 14.8. The predicted molar refractivity (Wildman–Crippen MR) is 102 cm³/mol. The number of ether oxygens (including phenoxy) is 3. The number of esters is 1. The molecular formula is C19H20BrNO5. The number of carbonyl (C=O) groups excluding carboxylic acids is 2. The van der Waals surface area contributed by atoms with Crippen LogP contribution >= 0.6 is 15.9 Å². The molecule has 0 unspecified atom stereocenters. The summed E-state index contributed by atoms with van der Waals surface area (Å²) in [7, 11) is 4.45. The second kappa shape index (κ2) is 9.24. The lowest BCUT2D eigenvalue weighted by Gasteiger charge is -2.12. The Bertz CT molecular complexity index is 807. The molecule has 138 valence electrons. The number of hydrogen-bond acceptors (Lipinski definition) is 5. The van der Waals surface area contributed by atoms with Gasteiger partial charge in [-0.2, -0.15) is 0 Å². The van der Waals surface area contributed by atoms with Crippen LogP contribution in [0.5, 0.6) is 11.5 Å². The maximum absolute atomic E-state index is 12.2. The summed E-state index contributed by atoms with van der Waals surface area (Å²) in [5.74, 6) is 0.619. The fourth-order valence-corrected chi connectivity index (χ4v) is 2.92. The Labute approximate surface area is 160 Å². The van der Waals surface area contributed by atoms with Gasteiger partial charge in [0, 0.05) is 16.6 Å². The average molecular weight is 422 g/mol. The molecule has 0 spiro atoms. The van der Waals surface area contributed by atoms with E-state index < -0.39 is 5.97 Å². The first-order chi connectivity index (χ1) is 12.5. The van der Waals surface area contributed by atoms with Crippen LogP contribution in [0.3, 0.4) is 0 Å². The molecule has 0 saturated carbocycles. The van der Waals surface area contributed by atoms with Crippen molar-refractivity contribution < 1.29 is 23.8 Å². The van der Waals surface area contributed by atoms with Gasteiger partial charge in [0.2, 0.25) is 5.91 Å². The first kappa shape index (κ1) is 19.8. The van der Waals surface area contributed by atoms with E-state index in [2.05, 4.69) is 26.0 Å². The van der Waals surface area contributed by atoms with E-state index in [4.69, 9.17) is 9.47 Å². The van der Waals surface area contributed by atoms with Crippen LogP contribution in [0.1, 0.15) is 22.3 Å². The van der Waals surface area contributed by atoms with E-state index in [1.54, 1.807) is 38.5 Å². The summed E-state index contributed by atoms with van der Waals surface area (Å²) in [5, 5.41) is 2.78. The molecule has 0 atom stereocenters. The van der Waals surface area contributed by atoms with Crippen LogP contribution in [-0.2, 0) is 16.0 Å². The highest BCUT2D eigenvalue weighted by Crippen LogP contribution is 2.33. The average Bonchev–Trinajstić information content (AvgIpc) is 2.66. The molecule has 0 heterocycles. The number of benzene rings is 2. The van der Waals surface area contributed by atoms with E-state index >= 15 is 0 Å². The number of rotatable bonds is 7. The third kappa shape index (κ3) is 4.98. The van der Waals surface area contributed by atoms with E-state index in [0.717, 1.165) is 10.0 Å². The van der Waals surface area contributed by atoms with Crippen molar-refractivity contribution in [2.75, 3.05) is 26.6 Å². The van der Waals surface area contributed by atoms with Crippen molar-refractivity contribution in [3.05, 3.63) is 52.0 Å². The van der Waals surface area contributed by atoms with Gasteiger partial charge >= 0.3 is 5.97 Å². The topological polar surface area (TPSA) is 73.9 Å². The van der Waals surface area contributed by atoms with Crippen LogP contribution in [-0.4, -0.2) is 33.2 Å². The number of anilines is 1. The van der Waals surface area contributed by atoms with Gasteiger partial charge < -0.3 is 19.5 Å². The minimum absolute atomic E-state index is 0.159. The summed E-state index contributed by atoms with van der Waals surface area (Å²) in [6, 6.07) is 10.3. The number of aryl methyl sites for hydroxylation is 1. The maximum atomic E-state index is 12.2. The molecule has 2 aromatic rings. The Hall–Kier alpha value is -2.54. The Morgan fingerprint density at radius 2 is 1.73 bits per heavy atom. The number of nitrogens with one attached hydrogen (secondary N) is 1. The second-order valence-electron chi connectivity index (χ2n) is 5.42. The molecule has 2 aromatic carbocycles. The lowest BCUT2D eigenvalue weighted by molar-refractivity contribution is -0.116. The molecule has 0 fully saturated rings. The highest BCUT2D eigenvalue weighted by molar-refractivity contribution is 9.10. The van der Waals surface area contributed by atoms with Gasteiger partial charge in [0.1, 0.15) is 0 Å². The smallest absolute Gasteiger partial charge is 0.337 e. The van der Waals surface area contributed by atoms with E-state index in [1.165, 1.54) is 7.11 Å². The Morgan fingerprint density at radius 3 is 2.38 bits per heavy atom. The van der Waals surface area contributed by atoms with Crippen molar-refractivity contribution in [2.45, 2.75) is 12.8 Å². The van der Waals surface area contributed by atoms with Crippen molar-refractivity contribution in [2.24, 2.45) is 0 Å². The Kier molecular flexibility index (Phi) is 7.03. The van der Waals surface area contributed by atoms with Crippen molar-refractivity contribution >= 4 is 33.5 Å². The molecule has 0 aliphatic heterocycles. The normalized spacial score (nSPS) is 10.2. The molecule has 0 aliphatic carbocycles. The molecule has 1 amide bonds. The van der Waals surface area contributed by atoms with Gasteiger partial charge in [-0.1, -0.05) is 22.0 Å². The molecule has 0 bridgehead atoms. The number of hydrogen-bond donors (Lipinski definition) is 1. The van der Waals surface area contributed by atoms with Crippen molar-refractivity contribution in [1.29, 1.82) is 0 Å². The van der Waals surface area contributed by atoms with Crippen molar-refractivity contribution in [1.82, 2.24) is 0 Å². The van der Waals surface area contributed by atoms with Crippen LogP contribution < -0.4 is 14.8 Å². The third-order valence-corrected chi connectivity index (χ3v) is 4.48. The Morgan fingerprint density at radius 1 is 1.04 bits per heavy atom. The minimum Gasteiger partial charge on any atom is -0.493 e. The highest BCUT2D eigenvalue weighted by atomic mass is 79.9. The van der Waals surface area contributed by atoms with E-state index in [-0.39, 0.29) is 12.3 Å². The predicted octanol–water partition coefficient (Wildman–Crippen LogP) is 3.82. The van der Waals surface area contributed by atoms with Gasteiger partial charge in [0.05, 0.1) is 26.9 Å². The molecule has 7 heteroatoms. The molecule has 6 nitrogen and oxygen atoms in total. The molecule has 0 aliphatic rings. The van der Waals surface area contributed by atoms with Gasteiger partial charge in [0.15, 0.2) is 11.5 Å². The number of methoxy groups -OCH3 is 3. The lowest BCUT2D eigenvalue weighted by atomic mass is 10.1. The van der Waals surface area contributed by atoms with Crippen LogP contribution in [0.2, 0.25) is 0 Å². The van der Waals surface area contributed by atoms with Gasteiger partial charge in [-0.3, -0.25) is 4.79 Å². The highest BCUT2D eigenvalue weighted by Gasteiger charge is 2.12. The SMILES string of the molecule is COC(=O)c1cccc(NC(=O)CCc2cc(OC)c(OC)cc2Br)c1. The summed E-state index contributed by atoms with van der Waals surface area (Å²) in [6.45, 7) is 0. The quantitative estimate of drug-likeness (QED) is 0.687. The Balaban J connectivity index is 2.02. The van der Waals surface area contributed by atoms with E-state index in [9.17, 15) is 9.59 Å². The molecule has 2 rings (SSSR count). The van der Waals surface area contributed by atoms with Gasteiger partial charge in [-0.25, -0.2) is 4.79 Å². The summed E-state index contributed by atoms with van der Waals surface area (Å²) in [6.07, 6.45) is 0.792. The minimum atomic E-state index is -0.449. The molecule has 1 N–H and O–H groups in total. The maximum Gasteiger partial charge on any atom is 0.337 e. The second-order valence-corrected chi connectivity index (χ2v) is 6.27. The fourth-order valence-electron chi connectivity index (χ4n) is 2.40. The van der Waals surface area contributed by atoms with Crippen LogP contribution in [0.25, 0.3) is 0 Å². The zero-order chi connectivity index (χ0) is 19.1. The monoisotopic (exact) mass is 421 g/mol. The first-order valence-electron chi connectivity index (χ1n) is 7.87. The number of halogens is 1. The molecule has 0 saturated heterocycles. The summed E-state index contributed by atoms with van der Waals surface area (Å²) < 4.78 is 16.1. The van der Waals surface area contributed by atoms with E-state index in [0.29, 0.717) is 29.2 Å². The van der Waals surface area contributed by atoms with Crippen molar-refractivity contribution in [3.8, 4) is 11.5 Å². The fraction of sp³-hybridized carbons (Fsp3) is 0.263. The van der Waals surface area contributed by atoms with Gasteiger partial charge in [-0.05, 0) is 42.3 Å². The zero-order valence-corrected chi connectivity index (χ0v) is 16.4. The first-order valence-corrected chi connectivity index (χ1v) is 8.66. The molecule has 0 radical (unpaired) electrons. The van der Waals surface area contributed by atoms with Crippen LogP contribution in [0.4, 0.5) is 5.69 Å². The largest absolute Gasteiger partial charge is 0.493 e. The van der Waals surface area contributed by atoms with Gasteiger partial charge in [-0.15, -0.1) is 0 Å². The van der Waals surface area contributed by atoms with E-state index in [1.807, 2.05) is 12.1 Å². The summed E-state index contributed by atoms with van der Waals surface area (Å²) >= 11 is 3.48.